The van der Waals surface area contributed by atoms with E-state index in [0.29, 0.717) is 5.82 Å². The molecule has 0 spiro atoms. The molecule has 1 fully saturated rings. The monoisotopic (exact) mass is 263 g/mol. The van der Waals surface area contributed by atoms with Gasteiger partial charge in [-0.2, -0.15) is 5.26 Å². The molecule has 0 radical (unpaired) electrons. The molecule has 1 heterocycles. The first-order chi connectivity index (χ1) is 9.64. The summed E-state index contributed by atoms with van der Waals surface area (Å²) in [6.45, 7) is 4.20. The molecule has 0 amide bonds. The van der Waals surface area contributed by atoms with E-state index in [9.17, 15) is 5.26 Å². The van der Waals surface area contributed by atoms with Crippen LogP contribution in [0.25, 0.3) is 11.3 Å². The molecular formula is C17H17N3. The summed E-state index contributed by atoms with van der Waals surface area (Å²) in [4.78, 5) is 8.98. The van der Waals surface area contributed by atoms with E-state index in [1.54, 1.807) is 6.20 Å². The predicted molar refractivity (Wildman–Crippen MR) is 78.1 cm³/mol. The molecule has 100 valence electrons. The summed E-state index contributed by atoms with van der Waals surface area (Å²) >= 11 is 0. The number of rotatable bonds is 2. The molecule has 1 aromatic heterocycles. The summed E-state index contributed by atoms with van der Waals surface area (Å²) in [7, 11) is 0. The highest BCUT2D eigenvalue weighted by molar-refractivity contribution is 5.60. The topological polar surface area (TPSA) is 49.6 Å². The number of benzene rings is 1. The highest BCUT2D eigenvalue weighted by Crippen LogP contribution is 2.41. The summed E-state index contributed by atoms with van der Waals surface area (Å²) < 4.78 is 0. The van der Waals surface area contributed by atoms with Gasteiger partial charge in [0.2, 0.25) is 0 Å². The largest absolute Gasteiger partial charge is 0.240 e. The highest BCUT2D eigenvalue weighted by Gasteiger charge is 2.41. The second kappa shape index (κ2) is 4.72. The third-order valence-electron chi connectivity index (χ3n) is 4.31. The van der Waals surface area contributed by atoms with E-state index in [0.717, 1.165) is 30.5 Å². The molecule has 1 saturated carbocycles. The molecule has 1 aliphatic carbocycles. The van der Waals surface area contributed by atoms with Gasteiger partial charge in [-0.25, -0.2) is 9.97 Å². The van der Waals surface area contributed by atoms with Gasteiger partial charge in [0.1, 0.15) is 11.2 Å². The Labute approximate surface area is 119 Å². The van der Waals surface area contributed by atoms with E-state index >= 15 is 0 Å². The van der Waals surface area contributed by atoms with E-state index in [1.807, 2.05) is 6.07 Å². The highest BCUT2D eigenvalue weighted by atomic mass is 14.9. The van der Waals surface area contributed by atoms with Gasteiger partial charge in [0.15, 0.2) is 0 Å². The maximum absolute atomic E-state index is 9.40. The average Bonchev–Trinajstić information content (AvgIpc) is 2.42. The van der Waals surface area contributed by atoms with E-state index in [1.165, 1.54) is 11.1 Å². The van der Waals surface area contributed by atoms with Crippen molar-refractivity contribution < 1.29 is 0 Å². The first-order valence-corrected chi connectivity index (χ1v) is 6.97. The molecule has 3 heteroatoms. The minimum absolute atomic E-state index is 0.449. The van der Waals surface area contributed by atoms with Gasteiger partial charge >= 0.3 is 0 Å². The Kier molecular flexibility index (Phi) is 3.02. The summed E-state index contributed by atoms with van der Waals surface area (Å²) in [5, 5.41) is 9.40. The zero-order chi connectivity index (χ0) is 14.2. The second-order valence-electron chi connectivity index (χ2n) is 5.61. The van der Waals surface area contributed by atoms with Gasteiger partial charge < -0.3 is 0 Å². The molecule has 2 aromatic rings. The van der Waals surface area contributed by atoms with Gasteiger partial charge in [0.05, 0.1) is 11.8 Å². The van der Waals surface area contributed by atoms with Crippen LogP contribution < -0.4 is 0 Å². The number of hydrogen-bond donors (Lipinski definition) is 0. The zero-order valence-electron chi connectivity index (χ0n) is 11.8. The molecule has 3 rings (SSSR count). The van der Waals surface area contributed by atoms with Crippen LogP contribution in [-0.4, -0.2) is 9.97 Å². The molecule has 3 nitrogen and oxygen atoms in total. The van der Waals surface area contributed by atoms with Crippen molar-refractivity contribution >= 4 is 0 Å². The fourth-order valence-electron chi connectivity index (χ4n) is 2.57. The van der Waals surface area contributed by atoms with Gasteiger partial charge in [-0.1, -0.05) is 12.1 Å². The molecule has 1 aliphatic rings. The van der Waals surface area contributed by atoms with Crippen molar-refractivity contribution in [3.63, 3.8) is 0 Å². The van der Waals surface area contributed by atoms with Crippen LogP contribution in [0.2, 0.25) is 0 Å². The van der Waals surface area contributed by atoms with E-state index in [2.05, 4.69) is 48.1 Å². The summed E-state index contributed by atoms with van der Waals surface area (Å²) in [6.07, 6.45) is 4.61. The van der Waals surface area contributed by atoms with Crippen molar-refractivity contribution in [3.05, 3.63) is 47.4 Å². The third-order valence-corrected chi connectivity index (χ3v) is 4.31. The van der Waals surface area contributed by atoms with E-state index in [-0.39, 0.29) is 0 Å². The quantitative estimate of drug-likeness (QED) is 0.830. The maximum atomic E-state index is 9.40. The van der Waals surface area contributed by atoms with Crippen molar-refractivity contribution in [3.8, 4) is 17.3 Å². The molecule has 20 heavy (non-hydrogen) atoms. The Morgan fingerprint density at radius 3 is 2.55 bits per heavy atom. The van der Waals surface area contributed by atoms with Gasteiger partial charge in [-0.3, -0.25) is 0 Å². The first kappa shape index (κ1) is 12.8. The molecule has 0 aliphatic heterocycles. The normalized spacial score (nSPS) is 16.2. The smallest absolute Gasteiger partial charge is 0.149 e. The van der Waals surface area contributed by atoms with Gasteiger partial charge in [0, 0.05) is 11.8 Å². The van der Waals surface area contributed by atoms with Gasteiger partial charge in [-0.15, -0.1) is 0 Å². The van der Waals surface area contributed by atoms with Gasteiger partial charge in [0.25, 0.3) is 0 Å². The van der Waals surface area contributed by atoms with E-state index in [4.69, 9.17) is 0 Å². The van der Waals surface area contributed by atoms with Crippen LogP contribution in [0.15, 0.2) is 30.5 Å². The Morgan fingerprint density at radius 2 is 1.95 bits per heavy atom. The number of aryl methyl sites for hydroxylation is 2. The van der Waals surface area contributed by atoms with E-state index < -0.39 is 5.41 Å². The van der Waals surface area contributed by atoms with Crippen molar-refractivity contribution in [1.82, 2.24) is 9.97 Å². The summed E-state index contributed by atoms with van der Waals surface area (Å²) in [5.74, 6) is 0.682. The SMILES string of the molecule is Cc1ccc(-c2ccnc(C3(C#N)CCC3)n2)cc1C. The second-order valence-corrected chi connectivity index (χ2v) is 5.61. The standard InChI is InChI=1S/C17H17N3/c1-12-4-5-14(10-13(12)2)15-6-9-19-16(20-15)17(11-18)7-3-8-17/h4-6,9-10H,3,7-8H2,1-2H3. The summed E-state index contributed by atoms with van der Waals surface area (Å²) in [6, 6.07) is 10.6. The third kappa shape index (κ3) is 1.98. The van der Waals surface area contributed by atoms with Gasteiger partial charge in [-0.05, 0) is 56.4 Å². The van der Waals surface area contributed by atoms with Crippen molar-refractivity contribution in [2.45, 2.75) is 38.5 Å². The van der Waals surface area contributed by atoms with Crippen molar-refractivity contribution in [2.24, 2.45) is 0 Å². The number of aromatic nitrogens is 2. The van der Waals surface area contributed by atoms with Crippen LogP contribution >= 0.6 is 0 Å². The average molecular weight is 263 g/mol. The number of nitrogens with zero attached hydrogens (tertiary/aromatic N) is 3. The molecule has 0 N–H and O–H groups in total. The Bertz CT molecular complexity index is 694. The molecule has 0 atom stereocenters. The lowest BCUT2D eigenvalue weighted by Gasteiger charge is -2.33. The Hall–Kier alpha value is -2.21. The number of nitriles is 1. The van der Waals surface area contributed by atoms with Crippen LogP contribution in [0.4, 0.5) is 0 Å². The molecule has 0 unspecified atom stereocenters. The van der Waals surface area contributed by atoms with Crippen LogP contribution in [0.5, 0.6) is 0 Å². The lowest BCUT2D eigenvalue weighted by molar-refractivity contribution is 0.307. The molecule has 1 aromatic carbocycles. The zero-order valence-corrected chi connectivity index (χ0v) is 11.8. The van der Waals surface area contributed by atoms with Crippen LogP contribution in [0, 0.1) is 25.2 Å². The minimum atomic E-state index is -0.449. The maximum Gasteiger partial charge on any atom is 0.149 e. The fraction of sp³-hybridized carbons (Fsp3) is 0.353. The molecule has 0 saturated heterocycles. The first-order valence-electron chi connectivity index (χ1n) is 6.97. The lowest BCUT2D eigenvalue weighted by atomic mass is 9.69. The molecule has 0 bridgehead atoms. The number of hydrogen-bond acceptors (Lipinski definition) is 3. The van der Waals surface area contributed by atoms with Crippen LogP contribution in [-0.2, 0) is 5.41 Å². The Balaban J connectivity index is 2.03. The van der Waals surface area contributed by atoms with Crippen molar-refractivity contribution in [2.75, 3.05) is 0 Å². The minimum Gasteiger partial charge on any atom is -0.240 e. The lowest BCUT2D eigenvalue weighted by Crippen LogP contribution is -2.34. The molecular weight excluding hydrogens is 246 g/mol. The van der Waals surface area contributed by atoms with Crippen LogP contribution in [0.3, 0.4) is 0 Å². The fourth-order valence-corrected chi connectivity index (χ4v) is 2.57. The van der Waals surface area contributed by atoms with Crippen molar-refractivity contribution in [1.29, 1.82) is 5.26 Å². The summed E-state index contributed by atoms with van der Waals surface area (Å²) in [5.41, 5.74) is 4.07. The van der Waals surface area contributed by atoms with Crippen LogP contribution in [0.1, 0.15) is 36.2 Å². The predicted octanol–water partition coefficient (Wildman–Crippen LogP) is 3.71. The Morgan fingerprint density at radius 1 is 1.15 bits per heavy atom.